The van der Waals surface area contributed by atoms with Gasteiger partial charge in [0.2, 0.25) is 0 Å². The van der Waals surface area contributed by atoms with Crippen LogP contribution in [0.1, 0.15) is 11.1 Å². The van der Waals surface area contributed by atoms with E-state index in [2.05, 4.69) is 27.2 Å². The number of hydrogen-bond acceptors (Lipinski definition) is 6. The molecule has 8 nitrogen and oxygen atoms in total. The predicted octanol–water partition coefficient (Wildman–Crippen LogP) is 1.22. The SMILES string of the molecule is Cc1c(C#N)c2nc3ccccc3n2c(=O)c1=CNNC(=O)CNc1ccccc1. The third-order valence-electron chi connectivity index (χ3n) is 4.76. The van der Waals surface area contributed by atoms with Crippen LogP contribution in [0.4, 0.5) is 5.69 Å². The van der Waals surface area contributed by atoms with Gasteiger partial charge in [0.05, 0.1) is 28.4 Å². The molecule has 148 valence electrons. The molecule has 0 spiro atoms. The van der Waals surface area contributed by atoms with Gasteiger partial charge in [0.15, 0.2) is 5.65 Å². The molecule has 2 heterocycles. The number of carbonyl (C=O) groups excluding carboxylic acids is 1. The van der Waals surface area contributed by atoms with Gasteiger partial charge >= 0.3 is 0 Å². The number of aromatic nitrogens is 2. The van der Waals surface area contributed by atoms with E-state index in [0.29, 0.717) is 27.8 Å². The summed E-state index contributed by atoms with van der Waals surface area (Å²) in [6, 6.07) is 18.7. The molecule has 30 heavy (non-hydrogen) atoms. The maximum Gasteiger partial charge on any atom is 0.265 e. The number of pyridine rings is 1. The fourth-order valence-electron chi connectivity index (χ4n) is 3.26. The summed E-state index contributed by atoms with van der Waals surface area (Å²) in [4.78, 5) is 29.6. The number of nitrogens with one attached hydrogen (secondary N) is 3. The molecule has 0 saturated heterocycles. The zero-order valence-electron chi connectivity index (χ0n) is 16.1. The Morgan fingerprint density at radius 1 is 1.17 bits per heavy atom. The number of para-hydroxylation sites is 3. The zero-order valence-corrected chi connectivity index (χ0v) is 16.1. The molecule has 2 aromatic carbocycles. The van der Waals surface area contributed by atoms with E-state index in [1.807, 2.05) is 42.5 Å². The maximum atomic E-state index is 13.1. The Balaban J connectivity index is 1.63. The third kappa shape index (κ3) is 3.40. The van der Waals surface area contributed by atoms with Gasteiger partial charge in [-0.2, -0.15) is 5.26 Å². The van der Waals surface area contributed by atoms with Crippen LogP contribution >= 0.6 is 0 Å². The van der Waals surface area contributed by atoms with E-state index in [-0.39, 0.29) is 23.2 Å². The van der Waals surface area contributed by atoms with Crippen LogP contribution in [0.2, 0.25) is 0 Å². The molecule has 0 unspecified atom stereocenters. The van der Waals surface area contributed by atoms with Crippen molar-refractivity contribution in [2.75, 3.05) is 11.9 Å². The topological polar surface area (TPSA) is 111 Å². The molecule has 0 fully saturated rings. The number of hydrazine groups is 1. The number of rotatable bonds is 5. The summed E-state index contributed by atoms with van der Waals surface area (Å²) in [5.74, 6) is -0.310. The minimum Gasteiger partial charge on any atom is -0.376 e. The average molecular weight is 398 g/mol. The van der Waals surface area contributed by atoms with Gasteiger partial charge in [-0.05, 0) is 36.8 Å². The summed E-state index contributed by atoms with van der Waals surface area (Å²) >= 11 is 0. The molecule has 0 aliphatic rings. The van der Waals surface area contributed by atoms with Crippen molar-refractivity contribution in [1.82, 2.24) is 20.2 Å². The Bertz CT molecular complexity index is 1400. The van der Waals surface area contributed by atoms with Gasteiger partial charge in [-0.15, -0.1) is 0 Å². The lowest BCUT2D eigenvalue weighted by molar-refractivity contribution is -0.119. The Kier molecular flexibility index (Phi) is 5.01. The first kappa shape index (κ1) is 19.0. The van der Waals surface area contributed by atoms with Crippen molar-refractivity contribution < 1.29 is 4.79 Å². The van der Waals surface area contributed by atoms with Crippen LogP contribution in [0.15, 0.2) is 59.4 Å². The minimum absolute atomic E-state index is 0.0582. The summed E-state index contributed by atoms with van der Waals surface area (Å²) in [7, 11) is 0. The standard InChI is InChI=1S/C22H18N6O2/c1-14-16(11-23)21-26-18-9-5-6-10-19(18)28(21)22(30)17(14)12-25-27-20(29)13-24-15-7-3-2-4-8-15/h2-10,12,24-25H,13H2,1H3,(H,27,29). The van der Waals surface area contributed by atoms with Crippen LogP contribution in [-0.2, 0) is 4.79 Å². The number of carbonyl (C=O) groups is 1. The van der Waals surface area contributed by atoms with Gasteiger partial charge in [-0.3, -0.25) is 19.4 Å². The average Bonchev–Trinajstić information content (AvgIpc) is 3.15. The van der Waals surface area contributed by atoms with Crippen molar-refractivity contribution in [3.05, 3.63) is 81.3 Å². The third-order valence-corrected chi connectivity index (χ3v) is 4.76. The van der Waals surface area contributed by atoms with E-state index >= 15 is 0 Å². The van der Waals surface area contributed by atoms with E-state index in [9.17, 15) is 14.9 Å². The van der Waals surface area contributed by atoms with E-state index in [4.69, 9.17) is 0 Å². The lowest BCUT2D eigenvalue weighted by Crippen LogP contribution is -2.42. The maximum absolute atomic E-state index is 13.1. The molecule has 4 rings (SSSR count). The van der Waals surface area contributed by atoms with Crippen molar-refractivity contribution >= 4 is 34.5 Å². The Hall–Kier alpha value is -4.38. The second kappa shape index (κ2) is 7.93. The normalized spacial score (nSPS) is 11.4. The van der Waals surface area contributed by atoms with Crippen LogP contribution in [-0.4, -0.2) is 21.8 Å². The molecule has 0 aliphatic heterocycles. The molecule has 3 N–H and O–H groups in total. The number of nitrogens with zero attached hydrogens (tertiary/aromatic N) is 3. The van der Waals surface area contributed by atoms with Crippen molar-refractivity contribution in [1.29, 1.82) is 5.26 Å². The number of anilines is 1. The van der Waals surface area contributed by atoms with Crippen LogP contribution in [0, 0.1) is 18.3 Å². The largest absolute Gasteiger partial charge is 0.376 e. The summed E-state index contributed by atoms with van der Waals surface area (Å²) in [6.45, 7) is 1.74. The zero-order chi connectivity index (χ0) is 21.1. The van der Waals surface area contributed by atoms with Gasteiger partial charge in [0, 0.05) is 11.9 Å². The smallest absolute Gasteiger partial charge is 0.265 e. The molecule has 1 amide bonds. The number of imidazole rings is 1. The summed E-state index contributed by atoms with van der Waals surface area (Å²) in [5.41, 5.74) is 8.09. The highest BCUT2D eigenvalue weighted by Gasteiger charge is 2.15. The van der Waals surface area contributed by atoms with Gasteiger partial charge < -0.3 is 10.7 Å². The fourth-order valence-corrected chi connectivity index (χ4v) is 3.26. The van der Waals surface area contributed by atoms with E-state index in [0.717, 1.165) is 5.69 Å². The highest BCUT2D eigenvalue weighted by Crippen LogP contribution is 2.17. The second-order valence-electron chi connectivity index (χ2n) is 6.65. The van der Waals surface area contributed by atoms with E-state index in [1.54, 1.807) is 19.1 Å². The van der Waals surface area contributed by atoms with Gasteiger partial charge in [-0.1, -0.05) is 30.3 Å². The molecule has 2 aromatic heterocycles. The quantitative estimate of drug-likeness (QED) is 0.436. The monoisotopic (exact) mass is 398 g/mol. The highest BCUT2D eigenvalue weighted by atomic mass is 16.2. The Morgan fingerprint density at radius 3 is 2.67 bits per heavy atom. The van der Waals surface area contributed by atoms with Gasteiger partial charge in [-0.25, -0.2) is 4.98 Å². The van der Waals surface area contributed by atoms with E-state index in [1.165, 1.54) is 10.6 Å². The first-order valence-corrected chi connectivity index (χ1v) is 9.27. The molecule has 4 aromatic rings. The molecular formula is C22H18N6O2. The summed E-state index contributed by atoms with van der Waals surface area (Å²) < 4.78 is 1.42. The lowest BCUT2D eigenvalue weighted by Gasteiger charge is -2.08. The summed E-state index contributed by atoms with van der Waals surface area (Å²) in [5, 5.41) is 12.9. The molecule has 0 bridgehead atoms. The van der Waals surface area contributed by atoms with Crippen molar-refractivity contribution in [3.63, 3.8) is 0 Å². The predicted molar refractivity (Wildman–Crippen MR) is 114 cm³/mol. The minimum atomic E-state index is -0.320. The van der Waals surface area contributed by atoms with Crippen LogP contribution in [0.5, 0.6) is 0 Å². The fraction of sp³-hybridized carbons (Fsp3) is 0.0909. The number of nitriles is 1. The van der Waals surface area contributed by atoms with Crippen molar-refractivity contribution in [2.24, 2.45) is 0 Å². The first-order valence-electron chi connectivity index (χ1n) is 9.27. The summed E-state index contributed by atoms with van der Waals surface area (Å²) in [6.07, 6.45) is 1.40. The lowest BCUT2D eigenvalue weighted by atomic mass is 10.1. The molecule has 0 aliphatic carbocycles. The number of fused-ring (bicyclic) bond motifs is 3. The van der Waals surface area contributed by atoms with Gasteiger partial charge in [0.1, 0.15) is 6.07 Å². The molecular weight excluding hydrogens is 380 g/mol. The number of hydrogen-bond donors (Lipinski definition) is 3. The van der Waals surface area contributed by atoms with Gasteiger partial charge in [0.25, 0.3) is 11.5 Å². The van der Waals surface area contributed by atoms with Crippen molar-refractivity contribution in [2.45, 2.75) is 6.92 Å². The number of benzene rings is 2. The molecule has 8 heteroatoms. The first-order chi connectivity index (χ1) is 14.6. The molecule has 0 radical (unpaired) electrons. The Labute approximate surface area is 171 Å². The second-order valence-corrected chi connectivity index (χ2v) is 6.65. The highest BCUT2D eigenvalue weighted by molar-refractivity contribution is 5.83. The molecule has 0 atom stereocenters. The number of amides is 1. The van der Waals surface area contributed by atoms with Crippen molar-refractivity contribution in [3.8, 4) is 6.07 Å². The van der Waals surface area contributed by atoms with Crippen LogP contribution < -0.4 is 26.9 Å². The van der Waals surface area contributed by atoms with Crippen LogP contribution in [0.25, 0.3) is 22.9 Å². The Morgan fingerprint density at radius 2 is 1.90 bits per heavy atom. The molecule has 0 saturated carbocycles. The van der Waals surface area contributed by atoms with Crippen LogP contribution in [0.3, 0.4) is 0 Å². The van der Waals surface area contributed by atoms with E-state index < -0.39 is 0 Å².